The van der Waals surface area contributed by atoms with E-state index in [1.165, 1.54) is 6.08 Å². The van der Waals surface area contributed by atoms with Crippen molar-refractivity contribution in [2.24, 2.45) is 0 Å². The lowest BCUT2D eigenvalue weighted by Crippen LogP contribution is -1.89. The van der Waals surface area contributed by atoms with Gasteiger partial charge in [0.2, 0.25) is 0 Å². The van der Waals surface area contributed by atoms with Crippen molar-refractivity contribution in [1.82, 2.24) is 0 Å². The van der Waals surface area contributed by atoms with Crippen LogP contribution < -0.4 is 0 Å². The molecular formula is C19H20F2. The third kappa shape index (κ3) is 6.48. The predicted octanol–water partition coefficient (Wildman–Crippen LogP) is 6.24. The van der Waals surface area contributed by atoms with Crippen LogP contribution in [-0.4, -0.2) is 0 Å². The van der Waals surface area contributed by atoms with Crippen molar-refractivity contribution in [3.8, 4) is 0 Å². The topological polar surface area (TPSA) is 0 Å². The largest absolute Gasteiger partial charge is 0.206 e. The molecule has 0 aliphatic rings. The van der Waals surface area contributed by atoms with Gasteiger partial charge < -0.3 is 0 Å². The Morgan fingerprint density at radius 2 is 1.33 bits per heavy atom. The van der Waals surface area contributed by atoms with Crippen molar-refractivity contribution >= 4 is 0 Å². The van der Waals surface area contributed by atoms with Gasteiger partial charge in [0.15, 0.2) is 0 Å². The minimum Gasteiger partial charge on any atom is -0.206 e. The molecule has 0 fully saturated rings. The van der Waals surface area contributed by atoms with Gasteiger partial charge in [-0.25, -0.2) is 8.78 Å². The third-order valence-electron chi connectivity index (χ3n) is 2.49. The summed E-state index contributed by atoms with van der Waals surface area (Å²) in [7, 11) is 0. The number of halogens is 2. The van der Waals surface area contributed by atoms with Crippen molar-refractivity contribution in [2.45, 2.75) is 6.92 Å². The van der Waals surface area contributed by atoms with Gasteiger partial charge in [-0.05, 0) is 30.2 Å². The van der Waals surface area contributed by atoms with Gasteiger partial charge >= 0.3 is 0 Å². The highest BCUT2D eigenvalue weighted by Gasteiger charge is 2.08. The zero-order valence-electron chi connectivity index (χ0n) is 12.4. The molecule has 0 aromatic carbocycles. The van der Waals surface area contributed by atoms with Crippen LogP contribution in [0.15, 0.2) is 109 Å². The van der Waals surface area contributed by atoms with Crippen LogP contribution >= 0.6 is 0 Å². The number of rotatable bonds is 8. The van der Waals surface area contributed by atoms with E-state index >= 15 is 0 Å². The van der Waals surface area contributed by atoms with Crippen LogP contribution in [0, 0.1) is 0 Å². The van der Waals surface area contributed by atoms with E-state index in [9.17, 15) is 8.78 Å². The predicted molar refractivity (Wildman–Crippen MR) is 89.1 cm³/mol. The molecule has 0 saturated carbocycles. The summed E-state index contributed by atoms with van der Waals surface area (Å²) in [6, 6.07) is 0. The minimum absolute atomic E-state index is 0.0130. The Labute approximate surface area is 125 Å². The zero-order valence-corrected chi connectivity index (χ0v) is 12.4. The van der Waals surface area contributed by atoms with Gasteiger partial charge in [-0.1, -0.05) is 63.3 Å². The van der Waals surface area contributed by atoms with Crippen LogP contribution in [0.4, 0.5) is 8.78 Å². The molecule has 21 heavy (non-hydrogen) atoms. The van der Waals surface area contributed by atoms with E-state index in [2.05, 4.69) is 39.5 Å². The molecule has 0 aromatic rings. The molecular weight excluding hydrogens is 266 g/mol. The molecule has 0 rings (SSSR count). The maximum Gasteiger partial charge on any atom is 0.131 e. The van der Waals surface area contributed by atoms with Crippen LogP contribution in [0.3, 0.4) is 0 Å². The maximum absolute atomic E-state index is 14.0. The maximum atomic E-state index is 14.0. The summed E-state index contributed by atoms with van der Waals surface area (Å²) in [4.78, 5) is 0. The molecule has 0 amide bonds. The van der Waals surface area contributed by atoms with Gasteiger partial charge in [0, 0.05) is 11.1 Å². The SMILES string of the molecule is C=C/C=C(/F)C(=C)C(=C)/C=C(/F)C(=C)C(=C)/C=C\C(=C)C. The molecule has 110 valence electrons. The number of allylic oxidation sites excluding steroid dienone is 12. The molecule has 0 heterocycles. The van der Waals surface area contributed by atoms with E-state index in [0.717, 1.165) is 17.7 Å². The second-order valence-electron chi connectivity index (χ2n) is 4.43. The van der Waals surface area contributed by atoms with Crippen molar-refractivity contribution in [3.05, 3.63) is 109 Å². The standard InChI is InChI=1S/C19H20F2/c1-8-9-18(20)17(7)15(5)12-19(21)16(6)14(4)11-10-13(2)3/h8-12H,1-2,4-7H2,3H3/b11-10-,18-9+,19-12+. The first-order valence-corrected chi connectivity index (χ1v) is 6.16. The van der Waals surface area contributed by atoms with Crippen LogP contribution in [0.1, 0.15) is 6.92 Å². The van der Waals surface area contributed by atoms with E-state index in [1.807, 2.05) is 0 Å². The first-order chi connectivity index (χ1) is 9.70. The van der Waals surface area contributed by atoms with E-state index in [0.29, 0.717) is 5.57 Å². The Morgan fingerprint density at radius 1 is 0.810 bits per heavy atom. The van der Waals surface area contributed by atoms with Crippen LogP contribution in [0.5, 0.6) is 0 Å². The molecule has 0 unspecified atom stereocenters. The fourth-order valence-electron chi connectivity index (χ4n) is 1.18. The molecule has 0 spiro atoms. The van der Waals surface area contributed by atoms with Gasteiger partial charge in [0.25, 0.3) is 0 Å². The molecule has 0 radical (unpaired) electrons. The highest BCUT2D eigenvalue weighted by molar-refractivity contribution is 5.53. The summed E-state index contributed by atoms with van der Waals surface area (Å²) < 4.78 is 27.5. The monoisotopic (exact) mass is 286 g/mol. The van der Waals surface area contributed by atoms with E-state index in [1.54, 1.807) is 19.1 Å². The molecule has 2 heteroatoms. The molecule has 0 nitrogen and oxygen atoms in total. The Morgan fingerprint density at radius 3 is 1.81 bits per heavy atom. The molecule has 0 atom stereocenters. The molecule has 0 aromatic heterocycles. The Kier molecular flexibility index (Phi) is 7.62. The molecule has 0 bridgehead atoms. The van der Waals surface area contributed by atoms with Gasteiger partial charge in [0.05, 0.1) is 0 Å². The normalized spacial score (nSPS) is 12.1. The van der Waals surface area contributed by atoms with Crippen molar-refractivity contribution in [2.75, 3.05) is 0 Å². The Balaban J connectivity index is 5.08. The molecule has 0 aliphatic heterocycles. The highest BCUT2D eigenvalue weighted by Crippen LogP contribution is 2.24. The summed E-state index contributed by atoms with van der Waals surface area (Å²) in [5, 5.41) is 0. The Hall–Kier alpha value is -2.48. The molecule has 0 N–H and O–H groups in total. The average molecular weight is 286 g/mol. The van der Waals surface area contributed by atoms with Crippen LogP contribution in [0.2, 0.25) is 0 Å². The summed E-state index contributed by atoms with van der Waals surface area (Å²) in [6.45, 7) is 23.3. The van der Waals surface area contributed by atoms with Crippen LogP contribution in [-0.2, 0) is 0 Å². The fourth-order valence-corrected chi connectivity index (χ4v) is 1.18. The molecule has 0 saturated heterocycles. The van der Waals surface area contributed by atoms with Crippen molar-refractivity contribution in [1.29, 1.82) is 0 Å². The first kappa shape index (κ1) is 18.5. The highest BCUT2D eigenvalue weighted by atomic mass is 19.1. The Bertz CT molecular complexity index is 593. The van der Waals surface area contributed by atoms with E-state index < -0.39 is 11.7 Å². The van der Waals surface area contributed by atoms with Crippen LogP contribution in [0.25, 0.3) is 0 Å². The van der Waals surface area contributed by atoms with E-state index in [4.69, 9.17) is 0 Å². The average Bonchev–Trinajstić information content (AvgIpc) is 2.42. The lowest BCUT2D eigenvalue weighted by atomic mass is 10.0. The fraction of sp³-hybridized carbons (Fsp3) is 0.0526. The van der Waals surface area contributed by atoms with Gasteiger partial charge in [-0.3, -0.25) is 0 Å². The summed E-state index contributed by atoms with van der Waals surface area (Å²) >= 11 is 0. The zero-order chi connectivity index (χ0) is 16.6. The second kappa shape index (κ2) is 8.64. The smallest absolute Gasteiger partial charge is 0.131 e. The first-order valence-electron chi connectivity index (χ1n) is 6.16. The minimum atomic E-state index is -0.649. The second-order valence-corrected chi connectivity index (χ2v) is 4.43. The molecule has 0 aliphatic carbocycles. The van der Waals surface area contributed by atoms with Gasteiger partial charge in [-0.2, -0.15) is 0 Å². The number of hydrogen-bond acceptors (Lipinski definition) is 0. The van der Waals surface area contributed by atoms with Crippen molar-refractivity contribution in [3.63, 3.8) is 0 Å². The van der Waals surface area contributed by atoms with Gasteiger partial charge in [0.1, 0.15) is 11.7 Å². The third-order valence-corrected chi connectivity index (χ3v) is 2.49. The summed E-state index contributed by atoms with van der Waals surface area (Å²) in [6.07, 6.45) is 6.77. The van der Waals surface area contributed by atoms with Gasteiger partial charge in [-0.15, -0.1) is 0 Å². The summed E-state index contributed by atoms with van der Waals surface area (Å²) in [5.74, 6) is -1.27. The number of hydrogen-bond donors (Lipinski definition) is 0. The quantitative estimate of drug-likeness (QED) is 0.463. The van der Waals surface area contributed by atoms with Crippen molar-refractivity contribution < 1.29 is 8.78 Å². The lowest BCUT2D eigenvalue weighted by molar-refractivity contribution is 0.649. The van der Waals surface area contributed by atoms with E-state index in [-0.39, 0.29) is 16.7 Å². The lowest BCUT2D eigenvalue weighted by Gasteiger charge is -2.06. The summed E-state index contributed by atoms with van der Waals surface area (Å²) in [5.41, 5.74) is 1.39.